The van der Waals surface area contributed by atoms with E-state index in [9.17, 15) is 0 Å². The van der Waals surface area contributed by atoms with Gasteiger partial charge in [0.15, 0.2) is 8.32 Å². The van der Waals surface area contributed by atoms with Crippen LogP contribution in [0.1, 0.15) is 18.4 Å². The smallest absolute Gasteiger partial charge is 0.186 e. The van der Waals surface area contributed by atoms with Crippen molar-refractivity contribution in [2.45, 2.75) is 32.0 Å². The number of hydrogen-bond acceptors (Lipinski definition) is 1. The van der Waals surface area contributed by atoms with Crippen LogP contribution in [-0.2, 0) is 4.43 Å². The summed E-state index contributed by atoms with van der Waals surface area (Å²) in [6.45, 7) is 6.82. The summed E-state index contributed by atoms with van der Waals surface area (Å²) in [5.41, 5.74) is 1.42. The minimum Gasteiger partial charge on any atom is -0.420 e. The van der Waals surface area contributed by atoms with E-state index in [-0.39, 0.29) is 0 Å². The molecular formula is C12H20OSi. The molecule has 1 atom stereocenters. The van der Waals surface area contributed by atoms with E-state index >= 15 is 0 Å². The lowest BCUT2D eigenvalue weighted by Gasteiger charge is -2.24. The van der Waals surface area contributed by atoms with E-state index in [0.717, 1.165) is 0 Å². The van der Waals surface area contributed by atoms with Crippen LogP contribution in [0.2, 0.25) is 19.1 Å². The third kappa shape index (κ3) is 3.27. The van der Waals surface area contributed by atoms with Crippen molar-refractivity contribution in [1.29, 1.82) is 0 Å². The van der Waals surface area contributed by atoms with Crippen LogP contribution >= 0.6 is 0 Å². The van der Waals surface area contributed by atoms with Crippen molar-refractivity contribution < 1.29 is 4.43 Å². The third-order valence-corrected chi connectivity index (χ3v) is 5.42. The summed E-state index contributed by atoms with van der Waals surface area (Å²) in [6.07, 6.45) is 0. The fourth-order valence-electron chi connectivity index (χ4n) is 1.72. The second-order valence-electron chi connectivity index (χ2n) is 4.48. The molecule has 0 amide bonds. The minimum absolute atomic E-state index is 0.609. The summed E-state index contributed by atoms with van der Waals surface area (Å²) in [5.74, 6) is 0.609. The Morgan fingerprint density at radius 1 is 1.21 bits per heavy atom. The van der Waals surface area contributed by atoms with Gasteiger partial charge in [-0.1, -0.05) is 37.3 Å². The first-order valence-corrected chi connectivity index (χ1v) is 8.27. The van der Waals surface area contributed by atoms with Gasteiger partial charge >= 0.3 is 0 Å². The Hall–Kier alpha value is -0.603. The molecule has 1 aromatic rings. The van der Waals surface area contributed by atoms with Gasteiger partial charge in [-0.25, -0.2) is 0 Å². The average Bonchev–Trinajstić information content (AvgIpc) is 2.19. The molecule has 0 aliphatic heterocycles. The number of rotatable bonds is 4. The Bertz CT molecular complexity index is 269. The Labute approximate surface area is 88.2 Å². The molecule has 78 valence electrons. The SMILES string of the molecule is CO[Si](C)(C)CC(C)c1ccccc1. The van der Waals surface area contributed by atoms with E-state index in [0.29, 0.717) is 5.92 Å². The molecule has 1 rings (SSSR count). The normalized spacial score (nSPS) is 14.0. The largest absolute Gasteiger partial charge is 0.420 e. The van der Waals surface area contributed by atoms with Crippen LogP contribution in [0.15, 0.2) is 30.3 Å². The van der Waals surface area contributed by atoms with Crippen molar-refractivity contribution in [2.24, 2.45) is 0 Å². The van der Waals surface area contributed by atoms with Crippen LogP contribution in [0.4, 0.5) is 0 Å². The fourth-order valence-corrected chi connectivity index (χ4v) is 3.60. The van der Waals surface area contributed by atoms with Gasteiger partial charge in [-0.05, 0) is 30.6 Å². The van der Waals surface area contributed by atoms with Gasteiger partial charge in [-0.2, -0.15) is 0 Å². The maximum absolute atomic E-state index is 5.57. The van der Waals surface area contributed by atoms with Crippen molar-refractivity contribution in [3.63, 3.8) is 0 Å². The van der Waals surface area contributed by atoms with Gasteiger partial charge in [-0.15, -0.1) is 0 Å². The monoisotopic (exact) mass is 208 g/mol. The highest BCUT2D eigenvalue weighted by Crippen LogP contribution is 2.25. The maximum atomic E-state index is 5.57. The zero-order valence-corrected chi connectivity index (χ0v) is 10.6. The molecule has 0 aromatic heterocycles. The maximum Gasteiger partial charge on any atom is 0.186 e. The van der Waals surface area contributed by atoms with E-state index in [1.54, 1.807) is 0 Å². The van der Waals surface area contributed by atoms with Crippen molar-refractivity contribution in [1.82, 2.24) is 0 Å². The van der Waals surface area contributed by atoms with E-state index in [1.165, 1.54) is 11.6 Å². The quantitative estimate of drug-likeness (QED) is 0.686. The van der Waals surface area contributed by atoms with Crippen LogP contribution in [0.25, 0.3) is 0 Å². The molecule has 1 unspecified atom stereocenters. The summed E-state index contributed by atoms with van der Waals surface area (Å²) in [6, 6.07) is 11.9. The van der Waals surface area contributed by atoms with E-state index < -0.39 is 8.32 Å². The first-order chi connectivity index (χ1) is 6.55. The van der Waals surface area contributed by atoms with Crippen LogP contribution in [0.5, 0.6) is 0 Å². The Morgan fingerprint density at radius 2 is 1.79 bits per heavy atom. The second-order valence-corrected chi connectivity index (χ2v) is 8.82. The molecule has 0 heterocycles. The Balaban J connectivity index is 2.64. The molecule has 0 aliphatic carbocycles. The van der Waals surface area contributed by atoms with E-state index in [2.05, 4.69) is 50.3 Å². The van der Waals surface area contributed by atoms with Crippen molar-refractivity contribution in [3.8, 4) is 0 Å². The van der Waals surface area contributed by atoms with E-state index in [1.807, 2.05) is 7.11 Å². The fraction of sp³-hybridized carbons (Fsp3) is 0.500. The van der Waals surface area contributed by atoms with Gasteiger partial charge < -0.3 is 4.43 Å². The highest BCUT2D eigenvalue weighted by molar-refractivity contribution is 6.71. The van der Waals surface area contributed by atoms with Crippen molar-refractivity contribution in [3.05, 3.63) is 35.9 Å². The highest BCUT2D eigenvalue weighted by atomic mass is 28.4. The van der Waals surface area contributed by atoms with Gasteiger partial charge in [0.05, 0.1) is 0 Å². The number of hydrogen-bond donors (Lipinski definition) is 0. The van der Waals surface area contributed by atoms with Gasteiger partial charge in [0.25, 0.3) is 0 Å². The predicted molar refractivity (Wildman–Crippen MR) is 64.2 cm³/mol. The standard InChI is InChI=1S/C12H20OSi/c1-11(10-14(3,4)13-2)12-8-6-5-7-9-12/h5-9,11H,10H2,1-4H3. The molecule has 0 radical (unpaired) electrons. The Morgan fingerprint density at radius 3 is 2.29 bits per heavy atom. The first kappa shape index (κ1) is 11.5. The molecule has 2 heteroatoms. The summed E-state index contributed by atoms with van der Waals surface area (Å²) in [7, 11) is 0.414. The van der Waals surface area contributed by atoms with Gasteiger partial charge in [0.2, 0.25) is 0 Å². The second kappa shape index (κ2) is 4.76. The molecule has 0 saturated heterocycles. The van der Waals surface area contributed by atoms with Crippen molar-refractivity contribution >= 4 is 8.32 Å². The predicted octanol–water partition coefficient (Wildman–Crippen LogP) is 3.64. The van der Waals surface area contributed by atoms with Gasteiger partial charge in [0, 0.05) is 7.11 Å². The molecule has 14 heavy (non-hydrogen) atoms. The summed E-state index contributed by atoms with van der Waals surface area (Å²) in [4.78, 5) is 0. The lowest BCUT2D eigenvalue weighted by molar-refractivity contribution is 0.400. The first-order valence-electron chi connectivity index (χ1n) is 5.15. The topological polar surface area (TPSA) is 9.23 Å². The summed E-state index contributed by atoms with van der Waals surface area (Å²) in [5, 5.41) is 0. The van der Waals surface area contributed by atoms with Crippen LogP contribution in [0, 0.1) is 0 Å². The summed E-state index contributed by atoms with van der Waals surface area (Å²) >= 11 is 0. The summed E-state index contributed by atoms with van der Waals surface area (Å²) < 4.78 is 5.57. The molecule has 1 nitrogen and oxygen atoms in total. The Kier molecular flexibility index (Phi) is 3.90. The molecule has 1 aromatic carbocycles. The molecule has 0 saturated carbocycles. The van der Waals surface area contributed by atoms with E-state index in [4.69, 9.17) is 4.43 Å². The molecule has 0 aliphatic rings. The number of benzene rings is 1. The minimum atomic E-state index is -1.42. The molecule has 0 spiro atoms. The lowest BCUT2D eigenvalue weighted by Crippen LogP contribution is -2.30. The third-order valence-electron chi connectivity index (χ3n) is 2.72. The van der Waals surface area contributed by atoms with Gasteiger partial charge in [0.1, 0.15) is 0 Å². The van der Waals surface area contributed by atoms with Crippen molar-refractivity contribution in [2.75, 3.05) is 7.11 Å². The van der Waals surface area contributed by atoms with Crippen LogP contribution < -0.4 is 0 Å². The molecule has 0 N–H and O–H groups in total. The molecule has 0 bridgehead atoms. The zero-order chi connectivity index (χ0) is 10.6. The molecular weight excluding hydrogens is 188 g/mol. The lowest BCUT2D eigenvalue weighted by atomic mass is 10.0. The van der Waals surface area contributed by atoms with Crippen LogP contribution in [-0.4, -0.2) is 15.4 Å². The average molecular weight is 208 g/mol. The zero-order valence-electron chi connectivity index (χ0n) is 9.58. The van der Waals surface area contributed by atoms with Crippen LogP contribution in [0.3, 0.4) is 0 Å². The molecule has 0 fully saturated rings. The highest BCUT2D eigenvalue weighted by Gasteiger charge is 2.24. The van der Waals surface area contributed by atoms with Gasteiger partial charge in [-0.3, -0.25) is 0 Å².